The second kappa shape index (κ2) is 7.40. The lowest BCUT2D eigenvalue weighted by Crippen LogP contribution is -2.13. The Kier molecular flexibility index (Phi) is 5.04. The minimum absolute atomic E-state index is 0.290. The van der Waals surface area contributed by atoms with Gasteiger partial charge >= 0.3 is 0 Å². The molecule has 3 aromatic rings. The van der Waals surface area contributed by atoms with Gasteiger partial charge in [0.2, 0.25) is 0 Å². The molecule has 0 aliphatic carbocycles. The van der Waals surface area contributed by atoms with E-state index in [1.165, 1.54) is 0 Å². The Hall–Kier alpha value is -2.80. The Balaban J connectivity index is 1.99. The summed E-state index contributed by atoms with van der Waals surface area (Å²) in [7, 11) is 0. The van der Waals surface area contributed by atoms with Gasteiger partial charge in [0.1, 0.15) is 0 Å². The summed E-state index contributed by atoms with van der Waals surface area (Å²) in [5.41, 5.74) is 2.93. The van der Waals surface area contributed by atoms with E-state index in [-0.39, 0.29) is 5.91 Å². The van der Waals surface area contributed by atoms with Crippen molar-refractivity contribution in [1.82, 2.24) is 0 Å². The van der Waals surface area contributed by atoms with E-state index in [9.17, 15) is 10.1 Å². The van der Waals surface area contributed by atoms with E-state index in [4.69, 9.17) is 23.2 Å². The van der Waals surface area contributed by atoms with Crippen LogP contribution >= 0.6 is 23.2 Å². The van der Waals surface area contributed by atoms with E-state index >= 15 is 0 Å². The first-order chi connectivity index (χ1) is 12.1. The molecule has 0 spiro atoms. The highest BCUT2D eigenvalue weighted by molar-refractivity contribution is 6.42. The summed E-state index contributed by atoms with van der Waals surface area (Å²) in [5.74, 6) is -0.290. The zero-order chi connectivity index (χ0) is 17.8. The van der Waals surface area contributed by atoms with Crippen LogP contribution in [0.3, 0.4) is 0 Å². The standard InChI is InChI=1S/C20H12Cl2N2O/c21-18-10-9-14(11-19(18)22)24-20(25)17-8-4-3-7-16(17)15-6-2-1-5-13(15)12-23/h1-11H,(H,24,25). The summed E-state index contributed by atoms with van der Waals surface area (Å²) in [4.78, 5) is 12.7. The number of nitriles is 1. The summed E-state index contributed by atoms with van der Waals surface area (Å²) in [5, 5.41) is 12.9. The van der Waals surface area contributed by atoms with Crippen molar-refractivity contribution in [2.24, 2.45) is 0 Å². The number of nitrogens with one attached hydrogen (secondary N) is 1. The fourth-order valence-corrected chi connectivity index (χ4v) is 2.80. The summed E-state index contributed by atoms with van der Waals surface area (Å²) in [6.07, 6.45) is 0. The summed E-state index contributed by atoms with van der Waals surface area (Å²) >= 11 is 11.9. The number of anilines is 1. The van der Waals surface area contributed by atoms with E-state index in [1.807, 2.05) is 24.3 Å². The van der Waals surface area contributed by atoms with Crippen molar-refractivity contribution in [3.8, 4) is 17.2 Å². The largest absolute Gasteiger partial charge is 0.322 e. The molecule has 1 amide bonds. The van der Waals surface area contributed by atoms with E-state index in [0.29, 0.717) is 38.0 Å². The zero-order valence-corrected chi connectivity index (χ0v) is 14.5. The van der Waals surface area contributed by atoms with Gasteiger partial charge in [-0.15, -0.1) is 0 Å². The van der Waals surface area contributed by atoms with Gasteiger partial charge in [0.05, 0.1) is 21.7 Å². The second-order valence-corrected chi connectivity index (χ2v) is 6.10. The highest BCUT2D eigenvalue weighted by Crippen LogP contribution is 2.29. The van der Waals surface area contributed by atoms with Crippen molar-refractivity contribution in [2.45, 2.75) is 0 Å². The van der Waals surface area contributed by atoms with Gasteiger partial charge < -0.3 is 5.32 Å². The van der Waals surface area contributed by atoms with Gasteiger partial charge in [-0.05, 0) is 35.9 Å². The molecule has 0 aromatic heterocycles. The number of carbonyl (C=O) groups excluding carboxylic acids is 1. The maximum atomic E-state index is 12.7. The predicted molar refractivity (Wildman–Crippen MR) is 101 cm³/mol. The van der Waals surface area contributed by atoms with Crippen LogP contribution in [-0.4, -0.2) is 5.91 Å². The molecule has 0 aliphatic rings. The highest BCUT2D eigenvalue weighted by Gasteiger charge is 2.15. The van der Waals surface area contributed by atoms with Crippen LogP contribution in [-0.2, 0) is 0 Å². The topological polar surface area (TPSA) is 52.9 Å². The van der Waals surface area contributed by atoms with Gasteiger partial charge in [-0.3, -0.25) is 4.79 Å². The molecule has 0 radical (unpaired) electrons. The van der Waals surface area contributed by atoms with E-state index in [0.717, 1.165) is 0 Å². The number of hydrogen-bond acceptors (Lipinski definition) is 2. The number of amides is 1. The molecule has 3 rings (SSSR count). The molecule has 1 N–H and O–H groups in total. The zero-order valence-electron chi connectivity index (χ0n) is 13.0. The minimum Gasteiger partial charge on any atom is -0.322 e. The quantitative estimate of drug-likeness (QED) is 0.638. The van der Waals surface area contributed by atoms with Crippen LogP contribution in [0, 0.1) is 11.3 Å². The van der Waals surface area contributed by atoms with Crippen LogP contribution in [0.1, 0.15) is 15.9 Å². The third-order valence-electron chi connectivity index (χ3n) is 3.69. The Morgan fingerprint density at radius 2 is 1.56 bits per heavy atom. The molecule has 0 heterocycles. The summed E-state index contributed by atoms with van der Waals surface area (Å²) in [6, 6.07) is 21.4. The molecule has 0 aliphatic heterocycles. The fraction of sp³-hybridized carbons (Fsp3) is 0. The van der Waals surface area contributed by atoms with Gasteiger partial charge in [0, 0.05) is 16.8 Å². The minimum atomic E-state index is -0.290. The normalized spacial score (nSPS) is 10.1. The number of rotatable bonds is 3. The first-order valence-corrected chi connectivity index (χ1v) is 8.20. The van der Waals surface area contributed by atoms with Crippen LogP contribution in [0.2, 0.25) is 10.0 Å². The van der Waals surface area contributed by atoms with Crippen LogP contribution in [0.5, 0.6) is 0 Å². The molecule has 0 bridgehead atoms. The third-order valence-corrected chi connectivity index (χ3v) is 4.43. The molecule has 0 unspecified atom stereocenters. The van der Waals surface area contributed by atoms with Crippen molar-refractivity contribution >= 4 is 34.8 Å². The van der Waals surface area contributed by atoms with Crippen molar-refractivity contribution in [1.29, 1.82) is 5.26 Å². The monoisotopic (exact) mass is 366 g/mol. The Bertz CT molecular complexity index is 993. The van der Waals surface area contributed by atoms with Crippen molar-refractivity contribution in [2.75, 3.05) is 5.32 Å². The molecular weight excluding hydrogens is 355 g/mol. The molecule has 5 heteroatoms. The van der Waals surface area contributed by atoms with Gasteiger partial charge in [-0.2, -0.15) is 5.26 Å². The van der Waals surface area contributed by atoms with Crippen LogP contribution in [0.25, 0.3) is 11.1 Å². The van der Waals surface area contributed by atoms with Gasteiger partial charge in [0.15, 0.2) is 0 Å². The lowest BCUT2D eigenvalue weighted by Gasteiger charge is -2.12. The molecule has 3 nitrogen and oxygen atoms in total. The lowest BCUT2D eigenvalue weighted by molar-refractivity contribution is 0.102. The number of carbonyl (C=O) groups is 1. The van der Waals surface area contributed by atoms with Gasteiger partial charge in [-0.1, -0.05) is 59.6 Å². The molecule has 0 saturated carbocycles. The van der Waals surface area contributed by atoms with E-state index in [2.05, 4.69) is 11.4 Å². The SMILES string of the molecule is N#Cc1ccccc1-c1ccccc1C(=O)Nc1ccc(Cl)c(Cl)c1. The van der Waals surface area contributed by atoms with Crippen molar-refractivity contribution in [3.05, 3.63) is 87.9 Å². The number of hydrogen-bond donors (Lipinski definition) is 1. The molecule has 0 atom stereocenters. The first kappa shape index (κ1) is 17.0. The van der Waals surface area contributed by atoms with E-state index < -0.39 is 0 Å². The lowest BCUT2D eigenvalue weighted by atomic mass is 9.95. The van der Waals surface area contributed by atoms with Gasteiger partial charge in [0.25, 0.3) is 5.91 Å². The number of nitrogens with zero attached hydrogens (tertiary/aromatic N) is 1. The number of halogens is 2. The summed E-state index contributed by atoms with van der Waals surface area (Å²) in [6.45, 7) is 0. The average Bonchev–Trinajstić information content (AvgIpc) is 2.64. The average molecular weight is 367 g/mol. The van der Waals surface area contributed by atoms with Crippen LogP contribution in [0.15, 0.2) is 66.7 Å². The highest BCUT2D eigenvalue weighted by atomic mass is 35.5. The van der Waals surface area contributed by atoms with Crippen LogP contribution < -0.4 is 5.32 Å². The van der Waals surface area contributed by atoms with E-state index in [1.54, 1.807) is 42.5 Å². The Morgan fingerprint density at radius 3 is 2.28 bits per heavy atom. The molecule has 122 valence electrons. The first-order valence-electron chi connectivity index (χ1n) is 7.45. The Labute approximate surface area is 155 Å². The molecule has 25 heavy (non-hydrogen) atoms. The van der Waals surface area contributed by atoms with Crippen LogP contribution in [0.4, 0.5) is 5.69 Å². The van der Waals surface area contributed by atoms with Crippen molar-refractivity contribution < 1.29 is 4.79 Å². The predicted octanol–water partition coefficient (Wildman–Crippen LogP) is 5.78. The summed E-state index contributed by atoms with van der Waals surface area (Å²) < 4.78 is 0. The molecule has 3 aromatic carbocycles. The molecule has 0 saturated heterocycles. The third kappa shape index (κ3) is 3.66. The smallest absolute Gasteiger partial charge is 0.256 e. The number of benzene rings is 3. The molecular formula is C20H12Cl2N2O. The van der Waals surface area contributed by atoms with Crippen molar-refractivity contribution in [3.63, 3.8) is 0 Å². The molecule has 0 fully saturated rings. The second-order valence-electron chi connectivity index (χ2n) is 5.29. The maximum Gasteiger partial charge on any atom is 0.256 e. The fourth-order valence-electron chi connectivity index (χ4n) is 2.50. The Morgan fingerprint density at radius 1 is 0.880 bits per heavy atom. The van der Waals surface area contributed by atoms with Gasteiger partial charge in [-0.25, -0.2) is 0 Å². The maximum absolute atomic E-state index is 12.7.